The van der Waals surface area contributed by atoms with E-state index in [-0.39, 0.29) is 5.91 Å². The maximum atomic E-state index is 12.2. The van der Waals surface area contributed by atoms with Gasteiger partial charge in [-0.1, -0.05) is 15.9 Å². The van der Waals surface area contributed by atoms with Crippen molar-refractivity contribution in [1.82, 2.24) is 9.78 Å². The summed E-state index contributed by atoms with van der Waals surface area (Å²) in [4.78, 5) is 12.2. The minimum atomic E-state index is -0.135. The monoisotopic (exact) mass is 447 g/mol. The lowest BCUT2D eigenvalue weighted by Crippen LogP contribution is -2.11. The number of carbonyl (C=O) groups excluding carboxylic acids is 1. The van der Waals surface area contributed by atoms with E-state index in [4.69, 9.17) is 0 Å². The Morgan fingerprint density at radius 2 is 1.62 bits per heavy atom. The summed E-state index contributed by atoms with van der Waals surface area (Å²) in [7, 11) is 0. The van der Waals surface area contributed by atoms with Crippen LogP contribution in [0.15, 0.2) is 57.5 Å². The van der Waals surface area contributed by atoms with Crippen molar-refractivity contribution in [3.63, 3.8) is 0 Å². The largest absolute Gasteiger partial charge is 0.322 e. The lowest BCUT2D eigenvalue weighted by molar-refractivity contribution is 0.102. The Kier molecular flexibility index (Phi) is 4.87. The van der Waals surface area contributed by atoms with Gasteiger partial charge >= 0.3 is 0 Å². The number of anilines is 1. The van der Waals surface area contributed by atoms with E-state index in [1.54, 1.807) is 12.1 Å². The topological polar surface area (TPSA) is 46.9 Å². The molecule has 4 nitrogen and oxygen atoms in total. The molecule has 1 amide bonds. The lowest BCUT2D eigenvalue weighted by Gasteiger charge is -2.08. The number of halogens is 2. The van der Waals surface area contributed by atoms with Crippen molar-refractivity contribution < 1.29 is 4.79 Å². The summed E-state index contributed by atoms with van der Waals surface area (Å²) in [5, 5.41) is 7.40. The summed E-state index contributed by atoms with van der Waals surface area (Å²) in [5.74, 6) is -0.135. The van der Waals surface area contributed by atoms with Crippen molar-refractivity contribution in [2.24, 2.45) is 0 Å². The first-order chi connectivity index (χ1) is 11.5. The van der Waals surface area contributed by atoms with Crippen molar-refractivity contribution in [2.45, 2.75) is 13.8 Å². The zero-order valence-electron chi connectivity index (χ0n) is 13.2. The molecular weight excluding hydrogens is 434 g/mol. The zero-order chi connectivity index (χ0) is 17.3. The van der Waals surface area contributed by atoms with Gasteiger partial charge in [-0.3, -0.25) is 4.79 Å². The van der Waals surface area contributed by atoms with E-state index < -0.39 is 0 Å². The first-order valence-electron chi connectivity index (χ1n) is 7.35. The molecule has 0 spiro atoms. The highest BCUT2D eigenvalue weighted by molar-refractivity contribution is 9.10. The van der Waals surface area contributed by atoms with Crippen molar-refractivity contribution in [3.8, 4) is 5.69 Å². The average molecular weight is 449 g/mol. The molecule has 0 aliphatic heterocycles. The summed E-state index contributed by atoms with van der Waals surface area (Å²) in [6.07, 6.45) is 0. The van der Waals surface area contributed by atoms with Crippen molar-refractivity contribution >= 4 is 43.5 Å². The van der Waals surface area contributed by atoms with Crippen LogP contribution in [0.25, 0.3) is 5.69 Å². The van der Waals surface area contributed by atoms with Crippen LogP contribution in [0.5, 0.6) is 0 Å². The Labute approximate surface area is 157 Å². The fourth-order valence-electron chi connectivity index (χ4n) is 2.37. The van der Waals surface area contributed by atoms with Crippen molar-refractivity contribution in [2.75, 3.05) is 5.32 Å². The summed E-state index contributed by atoms with van der Waals surface area (Å²) < 4.78 is 3.83. The van der Waals surface area contributed by atoms with E-state index in [1.807, 2.05) is 54.9 Å². The van der Waals surface area contributed by atoms with Gasteiger partial charge in [-0.2, -0.15) is 5.10 Å². The Morgan fingerprint density at radius 3 is 2.17 bits per heavy atom. The lowest BCUT2D eigenvalue weighted by atomic mass is 10.2. The molecule has 0 atom stereocenters. The van der Waals surface area contributed by atoms with Gasteiger partial charge in [0.15, 0.2) is 0 Å². The third kappa shape index (κ3) is 3.44. The number of rotatable bonds is 3. The van der Waals surface area contributed by atoms with Gasteiger partial charge in [-0.05, 0) is 78.3 Å². The minimum Gasteiger partial charge on any atom is -0.322 e. The summed E-state index contributed by atoms with van der Waals surface area (Å²) >= 11 is 6.89. The van der Waals surface area contributed by atoms with Crippen LogP contribution in [0.4, 0.5) is 5.69 Å². The van der Waals surface area contributed by atoms with E-state index in [1.165, 1.54) is 0 Å². The normalized spacial score (nSPS) is 10.7. The van der Waals surface area contributed by atoms with Gasteiger partial charge in [0.25, 0.3) is 5.91 Å². The average Bonchev–Trinajstić information content (AvgIpc) is 2.84. The van der Waals surface area contributed by atoms with Crippen LogP contribution in [0.2, 0.25) is 0 Å². The van der Waals surface area contributed by atoms with Gasteiger partial charge in [0.1, 0.15) is 0 Å². The molecule has 1 aromatic heterocycles. The molecule has 2 aromatic carbocycles. The van der Waals surface area contributed by atoms with Gasteiger partial charge in [-0.15, -0.1) is 0 Å². The maximum absolute atomic E-state index is 12.2. The molecule has 0 aliphatic rings. The molecule has 0 unspecified atom stereocenters. The second-order valence-electron chi connectivity index (χ2n) is 5.40. The van der Waals surface area contributed by atoms with Crippen LogP contribution >= 0.6 is 31.9 Å². The summed E-state index contributed by atoms with van der Waals surface area (Å²) in [6, 6.07) is 14.9. The zero-order valence-corrected chi connectivity index (χ0v) is 16.3. The first-order valence-corrected chi connectivity index (χ1v) is 8.93. The van der Waals surface area contributed by atoms with Crippen LogP contribution in [0, 0.1) is 13.8 Å². The number of aryl methyl sites for hydroxylation is 1. The number of benzene rings is 2. The van der Waals surface area contributed by atoms with Crippen molar-refractivity contribution in [3.05, 3.63) is 74.4 Å². The van der Waals surface area contributed by atoms with Crippen LogP contribution in [0.1, 0.15) is 21.7 Å². The molecular formula is C18H15Br2N3O. The maximum Gasteiger partial charge on any atom is 0.255 e. The van der Waals surface area contributed by atoms with Gasteiger partial charge in [0.05, 0.1) is 21.5 Å². The summed E-state index contributed by atoms with van der Waals surface area (Å²) in [6.45, 7) is 3.97. The number of aromatic nitrogens is 2. The molecule has 0 radical (unpaired) electrons. The predicted octanol–water partition coefficient (Wildman–Crippen LogP) is 5.27. The van der Waals surface area contributed by atoms with Crippen molar-refractivity contribution in [1.29, 1.82) is 0 Å². The number of carbonyl (C=O) groups is 1. The fraction of sp³-hybridized carbons (Fsp3) is 0.111. The Balaban J connectivity index is 1.78. The number of amides is 1. The molecule has 0 bridgehead atoms. The van der Waals surface area contributed by atoms with E-state index in [2.05, 4.69) is 42.3 Å². The fourth-order valence-corrected chi connectivity index (χ4v) is 2.88. The third-order valence-electron chi connectivity index (χ3n) is 3.68. The number of nitrogens with zero attached hydrogens (tertiary/aromatic N) is 2. The molecule has 0 aliphatic carbocycles. The quantitative estimate of drug-likeness (QED) is 0.593. The molecule has 0 saturated carbocycles. The van der Waals surface area contributed by atoms with E-state index in [0.717, 1.165) is 31.7 Å². The van der Waals surface area contributed by atoms with E-state index >= 15 is 0 Å². The van der Waals surface area contributed by atoms with Gasteiger partial charge in [0, 0.05) is 15.7 Å². The van der Waals surface area contributed by atoms with Crippen LogP contribution in [-0.4, -0.2) is 15.7 Å². The first kappa shape index (κ1) is 16.9. The smallest absolute Gasteiger partial charge is 0.255 e. The van der Waals surface area contributed by atoms with E-state index in [0.29, 0.717) is 5.56 Å². The minimum absolute atomic E-state index is 0.135. The molecule has 1 heterocycles. The predicted molar refractivity (Wildman–Crippen MR) is 103 cm³/mol. The number of nitrogens with one attached hydrogen (secondary N) is 1. The number of hydrogen-bond acceptors (Lipinski definition) is 2. The second kappa shape index (κ2) is 6.91. The summed E-state index contributed by atoms with van der Waals surface area (Å²) in [5.41, 5.74) is 4.29. The Hall–Kier alpha value is -1.92. The molecule has 3 aromatic rings. The Bertz CT molecular complexity index is 884. The second-order valence-corrected chi connectivity index (χ2v) is 7.11. The SMILES string of the molecule is Cc1nn(-c2ccc(NC(=O)c3ccc(Br)cc3)cc2)c(C)c1Br. The highest BCUT2D eigenvalue weighted by Crippen LogP contribution is 2.23. The van der Waals surface area contributed by atoms with Crippen LogP contribution < -0.4 is 5.32 Å². The molecule has 1 N–H and O–H groups in total. The Morgan fingerprint density at radius 1 is 1.00 bits per heavy atom. The van der Waals surface area contributed by atoms with Gasteiger partial charge in [0.2, 0.25) is 0 Å². The van der Waals surface area contributed by atoms with Gasteiger partial charge in [-0.25, -0.2) is 4.68 Å². The molecule has 3 rings (SSSR count). The standard InChI is InChI=1S/C18H15Br2N3O/c1-11-17(20)12(2)23(22-11)16-9-7-15(8-10-16)21-18(24)13-3-5-14(19)6-4-13/h3-10H,1-2H3,(H,21,24). The molecule has 122 valence electrons. The molecule has 0 saturated heterocycles. The molecule has 6 heteroatoms. The van der Waals surface area contributed by atoms with Gasteiger partial charge < -0.3 is 5.32 Å². The highest BCUT2D eigenvalue weighted by Gasteiger charge is 2.11. The highest BCUT2D eigenvalue weighted by atomic mass is 79.9. The number of hydrogen-bond donors (Lipinski definition) is 1. The third-order valence-corrected chi connectivity index (χ3v) is 5.36. The molecule has 0 fully saturated rings. The van der Waals surface area contributed by atoms with Crippen LogP contribution in [-0.2, 0) is 0 Å². The van der Waals surface area contributed by atoms with Crippen LogP contribution in [0.3, 0.4) is 0 Å². The van der Waals surface area contributed by atoms with E-state index in [9.17, 15) is 4.79 Å². The molecule has 24 heavy (non-hydrogen) atoms.